The first-order chi connectivity index (χ1) is 29.5. The van der Waals surface area contributed by atoms with Crippen LogP contribution in [-0.2, 0) is 5.41 Å². The van der Waals surface area contributed by atoms with Crippen molar-refractivity contribution in [3.8, 4) is 56.4 Å². The van der Waals surface area contributed by atoms with Gasteiger partial charge in [-0.25, -0.2) is 15.0 Å². The van der Waals surface area contributed by atoms with Gasteiger partial charge in [0.1, 0.15) is 11.2 Å². The van der Waals surface area contributed by atoms with Gasteiger partial charge >= 0.3 is 0 Å². The SMILES string of the molecule is CC1(C)c2ccccc2-c2cc(-c3ccc4oc5cccc(-c6nc(-c7cccc8c7sc7ccccc78)nc(-c7cccc8sc9ccccc9c78)n6)c5c4c3)ccc21. The van der Waals surface area contributed by atoms with Gasteiger partial charge in [-0.1, -0.05) is 129 Å². The molecule has 282 valence electrons. The Labute approximate surface area is 353 Å². The molecule has 1 aliphatic carbocycles. The van der Waals surface area contributed by atoms with Crippen LogP contribution in [0.4, 0.5) is 0 Å². The minimum atomic E-state index is -0.0448. The Morgan fingerprint density at radius 2 is 0.983 bits per heavy atom. The topological polar surface area (TPSA) is 51.8 Å². The maximum atomic E-state index is 6.60. The summed E-state index contributed by atoms with van der Waals surface area (Å²) in [6.07, 6.45) is 0. The number of hydrogen-bond donors (Lipinski definition) is 0. The van der Waals surface area contributed by atoms with Gasteiger partial charge in [0.05, 0.1) is 0 Å². The summed E-state index contributed by atoms with van der Waals surface area (Å²) in [5.74, 6) is 1.91. The van der Waals surface area contributed by atoms with Crippen LogP contribution in [0.1, 0.15) is 25.0 Å². The number of rotatable bonds is 4. The number of aromatic nitrogens is 3. The van der Waals surface area contributed by atoms with Crippen molar-refractivity contribution in [2.24, 2.45) is 0 Å². The molecule has 4 heterocycles. The first-order valence-corrected chi connectivity index (χ1v) is 21.9. The van der Waals surface area contributed by atoms with Gasteiger partial charge in [0, 0.05) is 73.2 Å². The van der Waals surface area contributed by atoms with E-state index in [1.165, 1.54) is 63.5 Å². The van der Waals surface area contributed by atoms with Crippen molar-refractivity contribution in [2.45, 2.75) is 19.3 Å². The minimum absolute atomic E-state index is 0.0448. The van der Waals surface area contributed by atoms with Gasteiger partial charge in [0.25, 0.3) is 0 Å². The number of fused-ring (bicyclic) bond motifs is 12. The van der Waals surface area contributed by atoms with E-state index in [0.717, 1.165) is 48.9 Å². The second-order valence-corrected chi connectivity index (χ2v) is 18.4. The van der Waals surface area contributed by atoms with E-state index in [1.807, 2.05) is 12.1 Å². The standard InChI is InChI=1S/C54H33N3OS2/c1-54(2)41-19-6-3-12-32(41)39-28-30(24-26-42(39)54)31-25-27-43-40(29-31)48-36(16-10-20-44(48)58-43)51-55-52(37-17-11-23-47-49(37)35-14-5-8-22-46(35)59-47)57-53(56-51)38-18-9-15-34-33-13-4-7-21-45(33)60-50(34)38/h3-29H,1-2H3. The van der Waals surface area contributed by atoms with Gasteiger partial charge in [-0.3, -0.25) is 0 Å². The number of furan rings is 1. The minimum Gasteiger partial charge on any atom is -0.456 e. The molecule has 1 aliphatic rings. The fourth-order valence-electron chi connectivity index (χ4n) is 9.71. The van der Waals surface area contributed by atoms with Crippen molar-refractivity contribution >= 4 is 85.0 Å². The number of nitrogens with zero attached hydrogens (tertiary/aromatic N) is 3. The fraction of sp³-hybridized carbons (Fsp3) is 0.0556. The van der Waals surface area contributed by atoms with Crippen LogP contribution in [-0.4, -0.2) is 15.0 Å². The molecule has 0 spiro atoms. The third-order valence-corrected chi connectivity index (χ3v) is 14.9. The molecule has 0 aliphatic heterocycles. The molecular formula is C54H33N3OS2. The summed E-state index contributed by atoms with van der Waals surface area (Å²) in [7, 11) is 0. The summed E-state index contributed by atoms with van der Waals surface area (Å²) in [6, 6.07) is 58.7. The molecule has 0 atom stereocenters. The van der Waals surface area contributed by atoms with E-state index in [0.29, 0.717) is 17.5 Å². The summed E-state index contributed by atoms with van der Waals surface area (Å²) in [6.45, 7) is 4.65. The van der Waals surface area contributed by atoms with Gasteiger partial charge in [0.15, 0.2) is 17.5 Å². The second kappa shape index (κ2) is 12.5. The first-order valence-electron chi connectivity index (χ1n) is 20.3. The Morgan fingerprint density at radius 1 is 0.400 bits per heavy atom. The number of hydrogen-bond acceptors (Lipinski definition) is 6. The number of benzene rings is 8. The molecule has 13 rings (SSSR count). The van der Waals surface area contributed by atoms with Gasteiger partial charge in [-0.2, -0.15) is 0 Å². The van der Waals surface area contributed by atoms with Crippen LogP contribution in [0.2, 0.25) is 0 Å². The molecule has 0 saturated carbocycles. The molecule has 0 saturated heterocycles. The van der Waals surface area contributed by atoms with Crippen LogP contribution >= 0.6 is 22.7 Å². The third-order valence-electron chi connectivity index (χ3n) is 12.6. The largest absolute Gasteiger partial charge is 0.456 e. The lowest BCUT2D eigenvalue weighted by Crippen LogP contribution is -2.14. The van der Waals surface area contributed by atoms with E-state index in [1.54, 1.807) is 22.7 Å². The van der Waals surface area contributed by atoms with Crippen molar-refractivity contribution in [1.82, 2.24) is 15.0 Å². The van der Waals surface area contributed by atoms with Crippen molar-refractivity contribution in [3.63, 3.8) is 0 Å². The van der Waals surface area contributed by atoms with E-state index in [-0.39, 0.29) is 5.41 Å². The average Bonchev–Trinajstić information content (AvgIpc) is 4.04. The Bertz CT molecular complexity index is 3770. The van der Waals surface area contributed by atoms with Crippen LogP contribution in [0.25, 0.3) is 119 Å². The van der Waals surface area contributed by atoms with Crippen molar-refractivity contribution in [3.05, 3.63) is 175 Å². The van der Waals surface area contributed by atoms with Gasteiger partial charge in [-0.05, 0) is 81.9 Å². The zero-order valence-corrected chi connectivity index (χ0v) is 34.3. The molecule has 0 N–H and O–H groups in total. The van der Waals surface area contributed by atoms with Crippen molar-refractivity contribution in [2.75, 3.05) is 0 Å². The molecule has 0 radical (unpaired) electrons. The normalized spacial score (nSPS) is 13.3. The highest BCUT2D eigenvalue weighted by Crippen LogP contribution is 2.50. The Kier molecular flexibility index (Phi) is 7.07. The smallest absolute Gasteiger partial charge is 0.165 e. The molecule has 12 aromatic rings. The highest BCUT2D eigenvalue weighted by atomic mass is 32.1. The highest BCUT2D eigenvalue weighted by Gasteiger charge is 2.35. The molecule has 8 aromatic carbocycles. The highest BCUT2D eigenvalue weighted by molar-refractivity contribution is 7.26. The van der Waals surface area contributed by atoms with Gasteiger partial charge < -0.3 is 4.42 Å². The fourth-order valence-corrected chi connectivity index (χ4v) is 12.1. The number of thiophene rings is 2. The van der Waals surface area contributed by atoms with Crippen molar-refractivity contribution in [1.29, 1.82) is 0 Å². The summed E-state index contributed by atoms with van der Waals surface area (Å²) < 4.78 is 11.5. The predicted octanol–water partition coefficient (Wildman–Crippen LogP) is 15.5. The van der Waals surface area contributed by atoms with E-state index in [9.17, 15) is 0 Å². The molecule has 0 unspecified atom stereocenters. The maximum absolute atomic E-state index is 6.60. The van der Waals surface area contributed by atoms with E-state index >= 15 is 0 Å². The zero-order valence-electron chi connectivity index (χ0n) is 32.7. The predicted molar refractivity (Wildman–Crippen MR) is 252 cm³/mol. The zero-order chi connectivity index (χ0) is 39.7. The van der Waals surface area contributed by atoms with Gasteiger partial charge in [0.2, 0.25) is 0 Å². The molecule has 0 fully saturated rings. The molecule has 0 amide bonds. The molecule has 4 nitrogen and oxygen atoms in total. The lowest BCUT2D eigenvalue weighted by molar-refractivity contribution is 0.660. The average molecular weight is 804 g/mol. The van der Waals surface area contributed by atoms with Crippen LogP contribution in [0, 0.1) is 0 Å². The Balaban J connectivity index is 1.05. The molecule has 60 heavy (non-hydrogen) atoms. The van der Waals surface area contributed by atoms with E-state index in [4.69, 9.17) is 19.4 Å². The Morgan fingerprint density at radius 3 is 1.83 bits per heavy atom. The molecular weight excluding hydrogens is 771 g/mol. The van der Waals surface area contributed by atoms with E-state index in [2.05, 4.69) is 166 Å². The second-order valence-electron chi connectivity index (χ2n) is 16.3. The van der Waals surface area contributed by atoms with Crippen LogP contribution in [0.15, 0.2) is 168 Å². The lowest BCUT2D eigenvalue weighted by Gasteiger charge is -2.21. The van der Waals surface area contributed by atoms with Crippen LogP contribution in [0.5, 0.6) is 0 Å². The Hall–Kier alpha value is -6.99. The summed E-state index contributed by atoms with van der Waals surface area (Å²) in [5.41, 5.74) is 12.1. The maximum Gasteiger partial charge on any atom is 0.165 e. The summed E-state index contributed by atoms with van der Waals surface area (Å²) in [5, 5.41) is 6.84. The lowest BCUT2D eigenvalue weighted by atomic mass is 9.82. The van der Waals surface area contributed by atoms with Crippen molar-refractivity contribution < 1.29 is 4.42 Å². The summed E-state index contributed by atoms with van der Waals surface area (Å²) >= 11 is 3.59. The molecule has 0 bridgehead atoms. The molecule has 6 heteroatoms. The van der Waals surface area contributed by atoms with Gasteiger partial charge in [-0.15, -0.1) is 22.7 Å². The quantitative estimate of drug-likeness (QED) is 0.178. The third kappa shape index (κ3) is 4.86. The van der Waals surface area contributed by atoms with Crippen LogP contribution in [0.3, 0.4) is 0 Å². The monoisotopic (exact) mass is 803 g/mol. The first kappa shape index (κ1) is 33.9. The van der Waals surface area contributed by atoms with E-state index < -0.39 is 0 Å². The molecule has 4 aromatic heterocycles. The van der Waals surface area contributed by atoms with Crippen LogP contribution < -0.4 is 0 Å². The summed E-state index contributed by atoms with van der Waals surface area (Å²) in [4.78, 5) is 16.1.